The molecule has 0 spiro atoms. The molecule has 0 aliphatic rings. The molecule has 118 valence electrons. The zero-order valence-electron chi connectivity index (χ0n) is 13.8. The van der Waals surface area contributed by atoms with E-state index in [2.05, 4.69) is 44.3 Å². The number of nitrogens with one attached hydrogen (secondary N) is 1. The summed E-state index contributed by atoms with van der Waals surface area (Å²) in [5, 5.41) is 3.32. The molecule has 3 nitrogen and oxygen atoms in total. The molecule has 1 N–H and O–H groups in total. The van der Waals surface area contributed by atoms with Crippen molar-refractivity contribution in [1.82, 2.24) is 9.88 Å². The first-order chi connectivity index (χ1) is 10.6. The van der Waals surface area contributed by atoms with Crippen LogP contribution >= 0.6 is 0 Å². The molecule has 0 unspecified atom stereocenters. The molecule has 0 atom stereocenters. The molecule has 0 saturated heterocycles. The molecule has 1 aromatic heterocycles. The number of hydrogen-bond donors (Lipinski definition) is 1. The van der Waals surface area contributed by atoms with Crippen molar-refractivity contribution < 1.29 is 0 Å². The molecule has 0 radical (unpaired) electrons. The third-order valence-corrected chi connectivity index (χ3v) is 3.61. The fourth-order valence-electron chi connectivity index (χ4n) is 2.57. The second-order valence-electron chi connectivity index (χ2n) is 6.10. The Hall–Kier alpha value is -1.87. The van der Waals surface area contributed by atoms with Gasteiger partial charge in [0.2, 0.25) is 0 Å². The summed E-state index contributed by atoms with van der Waals surface area (Å²) in [4.78, 5) is 12.8. The van der Waals surface area contributed by atoms with Gasteiger partial charge in [-0.25, -0.2) is 0 Å². The van der Waals surface area contributed by atoms with Crippen LogP contribution < -0.4 is 10.9 Å². The zero-order valence-corrected chi connectivity index (χ0v) is 13.8. The highest BCUT2D eigenvalue weighted by atomic mass is 16.1. The minimum Gasteiger partial charge on any atom is -0.312 e. The van der Waals surface area contributed by atoms with E-state index >= 15 is 0 Å². The van der Waals surface area contributed by atoms with Gasteiger partial charge in [0, 0.05) is 18.7 Å². The maximum Gasteiger partial charge on any atom is 0.255 e. The Morgan fingerprint density at radius 3 is 2.45 bits per heavy atom. The van der Waals surface area contributed by atoms with Crippen molar-refractivity contribution in [1.29, 1.82) is 0 Å². The molecule has 0 amide bonds. The monoisotopic (exact) mass is 298 g/mol. The Morgan fingerprint density at radius 1 is 1.09 bits per heavy atom. The summed E-state index contributed by atoms with van der Waals surface area (Å²) >= 11 is 0. The molecule has 0 aliphatic carbocycles. The Morgan fingerprint density at radius 2 is 1.82 bits per heavy atom. The van der Waals surface area contributed by atoms with Crippen LogP contribution in [0, 0.1) is 5.92 Å². The van der Waals surface area contributed by atoms with Gasteiger partial charge in [0.15, 0.2) is 0 Å². The summed E-state index contributed by atoms with van der Waals surface area (Å²) in [6.45, 7) is 8.73. The van der Waals surface area contributed by atoms with Gasteiger partial charge in [0.1, 0.15) is 0 Å². The van der Waals surface area contributed by atoms with Crippen LogP contribution in [-0.2, 0) is 13.1 Å². The van der Waals surface area contributed by atoms with Crippen molar-refractivity contribution in [3.63, 3.8) is 0 Å². The van der Waals surface area contributed by atoms with Gasteiger partial charge >= 0.3 is 0 Å². The van der Waals surface area contributed by atoms with E-state index < -0.39 is 0 Å². The molecular weight excluding hydrogens is 272 g/mol. The highest BCUT2D eigenvalue weighted by Crippen LogP contribution is 2.19. The predicted octanol–water partition coefficient (Wildman–Crippen LogP) is 3.67. The topological polar surface area (TPSA) is 34.0 Å². The zero-order chi connectivity index (χ0) is 15.9. The maximum absolute atomic E-state index is 12.8. The summed E-state index contributed by atoms with van der Waals surface area (Å²) in [5.74, 6) is 0.430. The van der Waals surface area contributed by atoms with Crippen molar-refractivity contribution in [3.8, 4) is 11.3 Å². The number of hydrogen-bond acceptors (Lipinski definition) is 2. The Bertz CT molecular complexity index is 644. The molecule has 0 saturated carbocycles. The minimum atomic E-state index is 0.124. The molecule has 0 aliphatic heterocycles. The van der Waals surface area contributed by atoms with Gasteiger partial charge in [0.05, 0.1) is 5.69 Å². The molecule has 0 fully saturated rings. The van der Waals surface area contributed by atoms with E-state index in [9.17, 15) is 4.79 Å². The lowest BCUT2D eigenvalue weighted by atomic mass is 10.1. The molecule has 3 heteroatoms. The summed E-state index contributed by atoms with van der Waals surface area (Å²) < 4.78 is 1.92. The summed E-state index contributed by atoms with van der Waals surface area (Å²) in [5.41, 5.74) is 3.05. The van der Waals surface area contributed by atoms with Crippen LogP contribution in [0.2, 0.25) is 0 Å². The molecule has 22 heavy (non-hydrogen) atoms. The molecule has 1 aromatic carbocycles. The van der Waals surface area contributed by atoms with Gasteiger partial charge < -0.3 is 9.88 Å². The Balaban J connectivity index is 2.42. The van der Waals surface area contributed by atoms with Crippen LogP contribution in [0.5, 0.6) is 0 Å². The van der Waals surface area contributed by atoms with Gasteiger partial charge in [-0.05, 0) is 30.5 Å². The van der Waals surface area contributed by atoms with E-state index in [1.807, 2.05) is 28.8 Å². The number of benzene rings is 1. The van der Waals surface area contributed by atoms with Crippen LogP contribution in [0.1, 0.15) is 32.8 Å². The van der Waals surface area contributed by atoms with Gasteiger partial charge in [-0.3, -0.25) is 4.79 Å². The third-order valence-electron chi connectivity index (χ3n) is 3.61. The smallest absolute Gasteiger partial charge is 0.255 e. The Labute approximate surface area is 133 Å². The fourth-order valence-corrected chi connectivity index (χ4v) is 2.57. The molecular formula is C19H26N2O. The first-order valence-corrected chi connectivity index (χ1v) is 8.12. The largest absolute Gasteiger partial charge is 0.312 e. The molecule has 2 aromatic rings. The highest BCUT2D eigenvalue weighted by molar-refractivity contribution is 5.59. The molecule has 0 bridgehead atoms. The number of pyridine rings is 1. The lowest BCUT2D eigenvalue weighted by Crippen LogP contribution is -2.29. The second kappa shape index (κ2) is 7.95. The normalized spacial score (nSPS) is 11.1. The quantitative estimate of drug-likeness (QED) is 0.791. The molecule has 2 rings (SSSR count). The van der Waals surface area contributed by atoms with Crippen molar-refractivity contribution >= 4 is 0 Å². The van der Waals surface area contributed by atoms with Crippen molar-refractivity contribution in [2.24, 2.45) is 5.92 Å². The van der Waals surface area contributed by atoms with Crippen LogP contribution in [0.4, 0.5) is 0 Å². The lowest BCUT2D eigenvalue weighted by molar-refractivity contribution is 0.510. The van der Waals surface area contributed by atoms with Gasteiger partial charge in [0.25, 0.3) is 5.56 Å². The van der Waals surface area contributed by atoms with E-state index in [4.69, 9.17) is 0 Å². The van der Waals surface area contributed by atoms with Crippen LogP contribution in [0.25, 0.3) is 11.3 Å². The second-order valence-corrected chi connectivity index (χ2v) is 6.10. The standard InChI is InChI=1S/C19H26N2O/c1-4-12-20-13-17-10-11-18(16-8-6-5-7-9-16)21(19(17)22)14-15(2)3/h5-11,15,20H,4,12-14H2,1-3H3. The minimum absolute atomic E-state index is 0.124. The van der Waals surface area contributed by atoms with Crippen LogP contribution in [0.3, 0.4) is 0 Å². The first-order valence-electron chi connectivity index (χ1n) is 8.12. The summed E-state index contributed by atoms with van der Waals surface area (Å²) in [6, 6.07) is 14.2. The van der Waals surface area contributed by atoms with Crippen LogP contribution in [-0.4, -0.2) is 11.1 Å². The van der Waals surface area contributed by atoms with Gasteiger partial charge in [-0.1, -0.05) is 57.2 Å². The lowest BCUT2D eigenvalue weighted by Gasteiger charge is -2.17. The SMILES string of the molecule is CCCNCc1ccc(-c2ccccc2)n(CC(C)C)c1=O. The van der Waals surface area contributed by atoms with Gasteiger partial charge in [-0.2, -0.15) is 0 Å². The average Bonchev–Trinajstić information content (AvgIpc) is 2.51. The fraction of sp³-hybridized carbons (Fsp3) is 0.421. The summed E-state index contributed by atoms with van der Waals surface area (Å²) in [7, 11) is 0. The first kappa shape index (κ1) is 16.5. The maximum atomic E-state index is 12.8. The van der Waals surface area contributed by atoms with E-state index in [1.165, 1.54) is 0 Å². The van der Waals surface area contributed by atoms with Crippen LogP contribution in [0.15, 0.2) is 47.3 Å². The van der Waals surface area contributed by atoms with E-state index in [0.29, 0.717) is 12.5 Å². The average molecular weight is 298 g/mol. The Kier molecular flexibility index (Phi) is 5.96. The summed E-state index contributed by atoms with van der Waals surface area (Å²) in [6.07, 6.45) is 1.07. The number of aromatic nitrogens is 1. The third kappa shape index (κ3) is 4.08. The highest BCUT2D eigenvalue weighted by Gasteiger charge is 2.11. The van der Waals surface area contributed by atoms with E-state index in [1.54, 1.807) is 0 Å². The van der Waals surface area contributed by atoms with E-state index in [-0.39, 0.29) is 5.56 Å². The van der Waals surface area contributed by atoms with Gasteiger partial charge in [-0.15, -0.1) is 0 Å². The predicted molar refractivity (Wildman–Crippen MR) is 93.0 cm³/mol. The number of nitrogens with zero attached hydrogens (tertiary/aromatic N) is 1. The van der Waals surface area contributed by atoms with Crippen molar-refractivity contribution in [2.75, 3.05) is 6.54 Å². The molecule has 1 heterocycles. The van der Waals surface area contributed by atoms with E-state index in [0.717, 1.165) is 36.3 Å². The number of rotatable bonds is 7. The van der Waals surface area contributed by atoms with Crippen molar-refractivity contribution in [3.05, 3.63) is 58.4 Å². The van der Waals surface area contributed by atoms with Crippen molar-refractivity contribution in [2.45, 2.75) is 40.3 Å².